The van der Waals surface area contributed by atoms with Crippen LogP contribution in [0.2, 0.25) is 0 Å². The average molecular weight is 210 g/mol. The molecule has 0 aliphatic heterocycles. The molecule has 1 aromatic rings. The van der Waals surface area contributed by atoms with Crippen LogP contribution < -0.4 is 15.8 Å². The highest BCUT2D eigenvalue weighted by Gasteiger charge is 2.04. The van der Waals surface area contributed by atoms with Crippen LogP contribution in [0.25, 0.3) is 0 Å². The molecule has 0 saturated heterocycles. The zero-order valence-corrected chi connectivity index (χ0v) is 9.45. The van der Waals surface area contributed by atoms with Crippen molar-refractivity contribution in [3.05, 3.63) is 11.9 Å². The molecule has 3 N–H and O–H groups in total. The Morgan fingerprint density at radius 2 is 2.27 bits per heavy atom. The van der Waals surface area contributed by atoms with Crippen LogP contribution in [0.5, 0.6) is 5.88 Å². The van der Waals surface area contributed by atoms with Gasteiger partial charge in [0.25, 0.3) is 0 Å². The number of rotatable bonds is 5. The van der Waals surface area contributed by atoms with Gasteiger partial charge in [0.15, 0.2) is 0 Å². The van der Waals surface area contributed by atoms with Gasteiger partial charge in [-0.2, -0.15) is 4.98 Å². The summed E-state index contributed by atoms with van der Waals surface area (Å²) in [7, 11) is 0. The topological polar surface area (TPSA) is 73.1 Å². The summed E-state index contributed by atoms with van der Waals surface area (Å²) in [6.07, 6.45) is 0. The molecule has 1 heterocycles. The summed E-state index contributed by atoms with van der Waals surface area (Å²) >= 11 is 0. The largest absolute Gasteiger partial charge is 0.478 e. The second kappa shape index (κ2) is 5.50. The van der Waals surface area contributed by atoms with Gasteiger partial charge in [-0.1, -0.05) is 0 Å². The lowest BCUT2D eigenvalue weighted by Crippen LogP contribution is -2.25. The number of aryl methyl sites for hydroxylation is 1. The molecule has 0 bridgehead atoms. The Morgan fingerprint density at radius 1 is 1.53 bits per heavy atom. The fourth-order valence-electron chi connectivity index (χ4n) is 1.15. The van der Waals surface area contributed by atoms with Gasteiger partial charge in [-0.25, -0.2) is 4.98 Å². The summed E-state index contributed by atoms with van der Waals surface area (Å²) in [4.78, 5) is 8.40. The monoisotopic (exact) mass is 210 g/mol. The summed E-state index contributed by atoms with van der Waals surface area (Å²) in [5.41, 5.74) is 5.52. The molecule has 5 heteroatoms. The predicted molar refractivity (Wildman–Crippen MR) is 60.1 cm³/mol. The van der Waals surface area contributed by atoms with Crippen molar-refractivity contribution < 1.29 is 4.74 Å². The molecular formula is C10H18N4O. The fourth-order valence-corrected chi connectivity index (χ4v) is 1.15. The molecule has 1 aromatic heterocycles. The normalized spacial score (nSPS) is 12.3. The van der Waals surface area contributed by atoms with Crippen LogP contribution in [-0.4, -0.2) is 29.2 Å². The van der Waals surface area contributed by atoms with Crippen LogP contribution in [-0.2, 0) is 0 Å². The van der Waals surface area contributed by atoms with Gasteiger partial charge in [-0.15, -0.1) is 0 Å². The van der Waals surface area contributed by atoms with Crippen molar-refractivity contribution in [1.82, 2.24) is 9.97 Å². The molecule has 0 spiro atoms. The smallest absolute Gasteiger partial charge is 0.218 e. The number of hydrogen-bond donors (Lipinski definition) is 2. The molecular weight excluding hydrogens is 192 g/mol. The van der Waals surface area contributed by atoms with Crippen molar-refractivity contribution in [3.8, 4) is 5.88 Å². The first-order valence-electron chi connectivity index (χ1n) is 5.10. The Hall–Kier alpha value is -1.36. The Morgan fingerprint density at radius 3 is 2.87 bits per heavy atom. The quantitative estimate of drug-likeness (QED) is 0.756. The van der Waals surface area contributed by atoms with E-state index in [1.54, 1.807) is 6.07 Å². The van der Waals surface area contributed by atoms with Gasteiger partial charge in [0, 0.05) is 18.7 Å². The second-order valence-corrected chi connectivity index (χ2v) is 3.35. The van der Waals surface area contributed by atoms with Crippen molar-refractivity contribution >= 4 is 5.82 Å². The molecule has 1 rings (SSSR count). The van der Waals surface area contributed by atoms with Crippen LogP contribution in [0.4, 0.5) is 5.82 Å². The van der Waals surface area contributed by atoms with E-state index in [1.807, 2.05) is 20.8 Å². The summed E-state index contributed by atoms with van der Waals surface area (Å²) in [6.45, 7) is 6.92. The Labute approximate surface area is 90.1 Å². The molecule has 5 nitrogen and oxygen atoms in total. The number of nitrogens with zero attached hydrogens (tertiary/aromatic N) is 2. The maximum atomic E-state index is 5.52. The molecule has 0 amide bonds. The highest BCUT2D eigenvalue weighted by molar-refractivity contribution is 5.39. The molecule has 0 aliphatic rings. The minimum Gasteiger partial charge on any atom is -0.478 e. The van der Waals surface area contributed by atoms with Gasteiger partial charge in [0.05, 0.1) is 6.61 Å². The molecule has 0 aromatic carbocycles. The van der Waals surface area contributed by atoms with Crippen LogP contribution in [0.15, 0.2) is 6.07 Å². The number of hydrogen-bond acceptors (Lipinski definition) is 5. The van der Waals surface area contributed by atoms with Gasteiger partial charge in [-0.3, -0.25) is 0 Å². The fraction of sp³-hybridized carbons (Fsp3) is 0.600. The summed E-state index contributed by atoms with van der Waals surface area (Å²) < 4.78 is 5.32. The third-order valence-corrected chi connectivity index (χ3v) is 1.85. The van der Waals surface area contributed by atoms with E-state index >= 15 is 0 Å². The van der Waals surface area contributed by atoms with E-state index in [4.69, 9.17) is 10.5 Å². The van der Waals surface area contributed by atoms with Gasteiger partial charge >= 0.3 is 0 Å². The highest BCUT2D eigenvalue weighted by atomic mass is 16.5. The van der Waals surface area contributed by atoms with E-state index in [0.29, 0.717) is 24.9 Å². The first-order chi connectivity index (χ1) is 7.15. The lowest BCUT2D eigenvalue weighted by molar-refractivity contribution is 0.325. The number of ether oxygens (including phenoxy) is 1. The first kappa shape index (κ1) is 11.7. The molecule has 1 unspecified atom stereocenters. The number of nitrogens with one attached hydrogen (secondary N) is 1. The minimum atomic E-state index is 0.189. The van der Waals surface area contributed by atoms with E-state index in [-0.39, 0.29) is 6.04 Å². The molecule has 1 atom stereocenters. The van der Waals surface area contributed by atoms with E-state index in [1.165, 1.54) is 0 Å². The maximum absolute atomic E-state index is 5.52. The van der Waals surface area contributed by atoms with Gasteiger partial charge in [0.2, 0.25) is 5.88 Å². The van der Waals surface area contributed by atoms with Crippen LogP contribution in [0.3, 0.4) is 0 Å². The predicted octanol–water partition coefficient (Wildman–Crippen LogP) is 0.943. The lowest BCUT2D eigenvalue weighted by atomic mass is 10.3. The van der Waals surface area contributed by atoms with Crippen molar-refractivity contribution in [3.63, 3.8) is 0 Å². The van der Waals surface area contributed by atoms with Crippen molar-refractivity contribution in [1.29, 1.82) is 0 Å². The van der Waals surface area contributed by atoms with Crippen LogP contribution in [0, 0.1) is 6.92 Å². The molecule has 0 fully saturated rings. The second-order valence-electron chi connectivity index (χ2n) is 3.35. The van der Waals surface area contributed by atoms with Gasteiger partial charge < -0.3 is 15.8 Å². The maximum Gasteiger partial charge on any atom is 0.218 e. The Kier molecular flexibility index (Phi) is 4.30. The van der Waals surface area contributed by atoms with Crippen molar-refractivity contribution in [2.75, 3.05) is 18.5 Å². The molecule has 0 aliphatic carbocycles. The summed E-state index contributed by atoms with van der Waals surface area (Å²) in [5.74, 6) is 2.04. The Balaban J connectivity index is 2.78. The SMILES string of the molecule is CCOc1cc(NC(C)CN)nc(C)n1. The standard InChI is InChI=1S/C10H18N4O/c1-4-15-10-5-9(12-7(2)6-11)13-8(3)14-10/h5,7H,4,6,11H2,1-3H3,(H,12,13,14). The lowest BCUT2D eigenvalue weighted by Gasteiger charge is -2.13. The molecule has 0 saturated carbocycles. The average Bonchev–Trinajstić information content (AvgIpc) is 2.17. The van der Waals surface area contributed by atoms with Gasteiger partial charge in [0.1, 0.15) is 11.6 Å². The van der Waals surface area contributed by atoms with Gasteiger partial charge in [-0.05, 0) is 20.8 Å². The van der Waals surface area contributed by atoms with E-state index < -0.39 is 0 Å². The molecule has 15 heavy (non-hydrogen) atoms. The Bertz CT molecular complexity index is 316. The summed E-state index contributed by atoms with van der Waals surface area (Å²) in [5, 5.41) is 3.18. The van der Waals surface area contributed by atoms with E-state index in [9.17, 15) is 0 Å². The summed E-state index contributed by atoms with van der Waals surface area (Å²) in [6, 6.07) is 1.97. The van der Waals surface area contributed by atoms with Crippen molar-refractivity contribution in [2.45, 2.75) is 26.8 Å². The van der Waals surface area contributed by atoms with E-state index in [2.05, 4.69) is 15.3 Å². The third-order valence-electron chi connectivity index (χ3n) is 1.85. The number of nitrogens with two attached hydrogens (primary N) is 1. The zero-order valence-electron chi connectivity index (χ0n) is 9.45. The highest BCUT2D eigenvalue weighted by Crippen LogP contribution is 2.13. The number of aromatic nitrogens is 2. The van der Waals surface area contributed by atoms with Crippen LogP contribution >= 0.6 is 0 Å². The third kappa shape index (κ3) is 3.71. The first-order valence-corrected chi connectivity index (χ1v) is 5.10. The zero-order chi connectivity index (χ0) is 11.3. The number of anilines is 1. The minimum absolute atomic E-state index is 0.189. The van der Waals surface area contributed by atoms with E-state index in [0.717, 1.165) is 5.82 Å². The van der Waals surface area contributed by atoms with Crippen molar-refractivity contribution in [2.24, 2.45) is 5.73 Å². The molecule has 84 valence electrons. The van der Waals surface area contributed by atoms with Crippen LogP contribution in [0.1, 0.15) is 19.7 Å². The molecule has 0 radical (unpaired) electrons.